The van der Waals surface area contributed by atoms with E-state index in [2.05, 4.69) is 0 Å². The molecule has 8 heteroatoms. The molecule has 4 rings (SSSR count). The molecule has 0 fully saturated rings. The Labute approximate surface area is 208 Å². The van der Waals surface area contributed by atoms with Gasteiger partial charge in [0.1, 0.15) is 29.6 Å². The highest BCUT2D eigenvalue weighted by Gasteiger charge is 2.13. The van der Waals surface area contributed by atoms with Crippen molar-refractivity contribution in [3.05, 3.63) is 72.8 Å². The van der Waals surface area contributed by atoms with Crippen LogP contribution in [0.4, 0.5) is 0 Å². The van der Waals surface area contributed by atoms with Crippen LogP contribution in [0.3, 0.4) is 0 Å². The quantitative estimate of drug-likeness (QED) is 0.163. The average molecular weight is 493 g/mol. The molecule has 0 aliphatic rings. The van der Waals surface area contributed by atoms with E-state index >= 15 is 0 Å². The van der Waals surface area contributed by atoms with Gasteiger partial charge in [0.2, 0.25) is 0 Å². The van der Waals surface area contributed by atoms with Gasteiger partial charge in [-0.05, 0) is 24.3 Å². The van der Waals surface area contributed by atoms with Gasteiger partial charge < -0.3 is 33.9 Å². The number of aromatic hydroxyl groups is 1. The molecule has 0 radical (unpaired) electrons. The van der Waals surface area contributed by atoms with E-state index in [1.165, 1.54) is 6.07 Å². The molecule has 4 aromatic carbocycles. The maximum Gasteiger partial charge on any atom is 0.349 e. The highest BCUT2D eigenvalue weighted by molar-refractivity contribution is 5.95. The van der Waals surface area contributed by atoms with Gasteiger partial charge in [0.25, 0.3) is 0 Å². The molecule has 0 bridgehead atoms. The number of esters is 1. The Bertz CT molecular complexity index is 1300. The fourth-order valence-corrected chi connectivity index (χ4v) is 3.73. The number of benzene rings is 4. The van der Waals surface area contributed by atoms with Crippen molar-refractivity contribution < 1.29 is 38.7 Å². The van der Waals surface area contributed by atoms with Gasteiger partial charge in [-0.1, -0.05) is 48.5 Å². The number of ether oxygens (including phenoxy) is 5. The number of hydrogen-bond acceptors (Lipinski definition) is 8. The number of hydrogen-bond donors (Lipinski definition) is 2. The molecule has 0 saturated heterocycles. The molecule has 0 amide bonds. The van der Waals surface area contributed by atoms with Crippen LogP contribution in [0.25, 0.3) is 21.5 Å². The minimum Gasteiger partial charge on any atom is -0.507 e. The van der Waals surface area contributed by atoms with Crippen LogP contribution >= 0.6 is 0 Å². The summed E-state index contributed by atoms with van der Waals surface area (Å²) in [7, 11) is 0. The molecule has 4 aromatic rings. The monoisotopic (exact) mass is 492 g/mol. The zero-order chi connectivity index (χ0) is 25.2. The van der Waals surface area contributed by atoms with Gasteiger partial charge in [-0.25, -0.2) is 4.79 Å². The van der Waals surface area contributed by atoms with Crippen molar-refractivity contribution in [3.63, 3.8) is 0 Å². The van der Waals surface area contributed by atoms with E-state index in [1.807, 2.05) is 42.5 Å². The molecule has 188 valence electrons. The highest BCUT2D eigenvalue weighted by atomic mass is 16.6. The number of carbonyl (C=O) groups is 1. The van der Waals surface area contributed by atoms with Gasteiger partial charge in [0.15, 0.2) is 6.61 Å². The molecular weight excluding hydrogens is 464 g/mol. The Kier molecular flexibility index (Phi) is 8.93. The van der Waals surface area contributed by atoms with E-state index in [0.717, 1.165) is 10.8 Å². The molecule has 0 spiro atoms. The molecule has 0 heterocycles. The first-order chi connectivity index (χ1) is 17.7. The zero-order valence-corrected chi connectivity index (χ0v) is 19.7. The Balaban J connectivity index is 1.35. The van der Waals surface area contributed by atoms with Crippen molar-refractivity contribution in [2.24, 2.45) is 0 Å². The number of aliphatic hydroxyl groups excluding tert-OH is 1. The topological polar surface area (TPSA) is 104 Å². The third-order valence-corrected chi connectivity index (χ3v) is 5.37. The van der Waals surface area contributed by atoms with Crippen LogP contribution in [0, 0.1) is 0 Å². The first-order valence-electron chi connectivity index (χ1n) is 11.6. The second kappa shape index (κ2) is 12.7. The van der Waals surface area contributed by atoms with E-state index in [9.17, 15) is 9.90 Å². The standard InChI is InChI=1S/C28H28O8/c29-13-14-32-15-16-33-17-18-34-25-11-12-27(23-8-4-3-7-22(23)25)36-28(31)19-35-26-10-9-24(30)20-5-1-2-6-21(20)26/h1-12,29-30H,13-19H2. The summed E-state index contributed by atoms with van der Waals surface area (Å²) in [5, 5.41) is 21.6. The Morgan fingerprint density at radius 3 is 1.86 bits per heavy atom. The van der Waals surface area contributed by atoms with Crippen LogP contribution in [0.15, 0.2) is 72.8 Å². The second-order valence-electron chi connectivity index (χ2n) is 7.80. The Morgan fingerprint density at radius 1 is 0.611 bits per heavy atom. The summed E-state index contributed by atoms with van der Waals surface area (Å²) < 4.78 is 27.8. The van der Waals surface area contributed by atoms with Crippen molar-refractivity contribution in [2.75, 3.05) is 46.2 Å². The zero-order valence-electron chi connectivity index (χ0n) is 19.7. The fraction of sp³-hybridized carbons (Fsp3) is 0.250. The van der Waals surface area contributed by atoms with Crippen LogP contribution in [-0.2, 0) is 14.3 Å². The van der Waals surface area contributed by atoms with Gasteiger partial charge in [-0.3, -0.25) is 0 Å². The molecule has 0 atom stereocenters. The van der Waals surface area contributed by atoms with E-state index in [-0.39, 0.29) is 19.0 Å². The summed E-state index contributed by atoms with van der Waals surface area (Å²) in [6, 6.07) is 21.3. The van der Waals surface area contributed by atoms with Gasteiger partial charge >= 0.3 is 5.97 Å². The van der Waals surface area contributed by atoms with Crippen LogP contribution < -0.4 is 14.2 Å². The summed E-state index contributed by atoms with van der Waals surface area (Å²) in [6.07, 6.45) is 0. The lowest BCUT2D eigenvalue weighted by Crippen LogP contribution is -2.18. The van der Waals surface area contributed by atoms with Crippen molar-refractivity contribution >= 4 is 27.5 Å². The summed E-state index contributed by atoms with van der Waals surface area (Å²) in [5.74, 6) is 1.13. The van der Waals surface area contributed by atoms with E-state index in [0.29, 0.717) is 61.1 Å². The Morgan fingerprint density at radius 2 is 1.14 bits per heavy atom. The molecule has 0 aliphatic carbocycles. The molecule has 0 aliphatic heterocycles. The van der Waals surface area contributed by atoms with Crippen molar-refractivity contribution in [2.45, 2.75) is 0 Å². The number of fused-ring (bicyclic) bond motifs is 2. The van der Waals surface area contributed by atoms with Crippen LogP contribution in [-0.4, -0.2) is 62.4 Å². The lowest BCUT2D eigenvalue weighted by atomic mass is 10.1. The third kappa shape index (κ3) is 6.42. The SMILES string of the molecule is O=C(COc1ccc(O)c2ccccc12)Oc1ccc(OCCOCCOCCO)c2ccccc12. The molecule has 0 aromatic heterocycles. The first-order valence-corrected chi connectivity index (χ1v) is 11.6. The van der Waals surface area contributed by atoms with Gasteiger partial charge in [-0.15, -0.1) is 0 Å². The maximum absolute atomic E-state index is 12.6. The van der Waals surface area contributed by atoms with E-state index < -0.39 is 5.97 Å². The predicted molar refractivity (Wildman–Crippen MR) is 135 cm³/mol. The number of phenolic OH excluding ortho intramolecular Hbond substituents is 1. The smallest absolute Gasteiger partial charge is 0.349 e. The first kappa shape index (κ1) is 25.2. The van der Waals surface area contributed by atoms with Crippen molar-refractivity contribution in [1.29, 1.82) is 0 Å². The molecule has 0 unspecified atom stereocenters. The lowest BCUT2D eigenvalue weighted by Gasteiger charge is -2.14. The van der Waals surface area contributed by atoms with Crippen LogP contribution in [0.5, 0.6) is 23.0 Å². The Hall–Kier alpha value is -3.85. The summed E-state index contributed by atoms with van der Waals surface area (Å²) in [6.45, 7) is 1.55. The largest absolute Gasteiger partial charge is 0.507 e. The molecule has 36 heavy (non-hydrogen) atoms. The average Bonchev–Trinajstić information content (AvgIpc) is 2.91. The van der Waals surface area contributed by atoms with E-state index in [1.54, 1.807) is 24.3 Å². The molecular formula is C28H28O8. The molecule has 2 N–H and O–H groups in total. The highest BCUT2D eigenvalue weighted by Crippen LogP contribution is 2.34. The number of carbonyl (C=O) groups excluding carboxylic acids is 1. The van der Waals surface area contributed by atoms with Gasteiger partial charge in [-0.2, -0.15) is 0 Å². The summed E-state index contributed by atoms with van der Waals surface area (Å²) in [5.41, 5.74) is 0. The minimum atomic E-state index is -0.553. The van der Waals surface area contributed by atoms with Crippen molar-refractivity contribution in [1.82, 2.24) is 0 Å². The molecule has 8 nitrogen and oxygen atoms in total. The van der Waals surface area contributed by atoms with Gasteiger partial charge in [0.05, 0.1) is 33.0 Å². The summed E-state index contributed by atoms with van der Waals surface area (Å²) in [4.78, 5) is 12.6. The van der Waals surface area contributed by atoms with Crippen LogP contribution in [0.2, 0.25) is 0 Å². The molecule has 0 saturated carbocycles. The van der Waals surface area contributed by atoms with E-state index in [4.69, 9.17) is 28.8 Å². The lowest BCUT2D eigenvalue weighted by molar-refractivity contribution is -0.136. The number of phenols is 1. The number of rotatable bonds is 13. The third-order valence-electron chi connectivity index (χ3n) is 5.37. The fourth-order valence-electron chi connectivity index (χ4n) is 3.73. The summed E-state index contributed by atoms with van der Waals surface area (Å²) >= 11 is 0. The van der Waals surface area contributed by atoms with Crippen LogP contribution in [0.1, 0.15) is 0 Å². The van der Waals surface area contributed by atoms with Crippen molar-refractivity contribution in [3.8, 4) is 23.0 Å². The predicted octanol–water partition coefficient (Wildman–Crippen LogP) is 4.09. The normalized spacial score (nSPS) is 11.0. The van der Waals surface area contributed by atoms with Gasteiger partial charge in [0, 0.05) is 21.5 Å². The minimum absolute atomic E-state index is 0.00981. The second-order valence-corrected chi connectivity index (χ2v) is 7.80. The number of aliphatic hydroxyl groups is 1. The maximum atomic E-state index is 12.6.